The molecule has 0 aliphatic carbocycles. The van der Waals surface area contributed by atoms with Crippen LogP contribution >= 0.6 is 7.82 Å². The molecule has 0 saturated heterocycles. The second-order valence-electron chi connectivity index (χ2n) is 17.0. The summed E-state index contributed by atoms with van der Waals surface area (Å²) < 4.78 is 32.9. The number of hydrogen-bond acceptors (Lipinski definition) is 8. The van der Waals surface area contributed by atoms with Gasteiger partial charge >= 0.3 is 19.8 Å². The quantitative estimate of drug-likeness (QED) is 0.0265. The summed E-state index contributed by atoms with van der Waals surface area (Å²) in [5.74, 6) is -0.826. The lowest BCUT2D eigenvalue weighted by Gasteiger charge is -2.19. The van der Waals surface area contributed by atoms with E-state index in [1.165, 1.54) is 167 Å². The summed E-state index contributed by atoms with van der Waals surface area (Å²) in [4.78, 5) is 35.0. The minimum Gasteiger partial charge on any atom is -0.462 e. The molecule has 0 rings (SSSR count). The molecule has 2 atom stereocenters. The maximum absolute atomic E-state index is 12.7. The lowest BCUT2D eigenvalue weighted by Crippen LogP contribution is -2.29. The molecular formula is C51H96NO8P. The van der Waals surface area contributed by atoms with E-state index in [0.717, 1.165) is 44.9 Å². The third-order valence-corrected chi connectivity index (χ3v) is 12.0. The van der Waals surface area contributed by atoms with E-state index in [2.05, 4.69) is 50.3 Å². The summed E-state index contributed by atoms with van der Waals surface area (Å²) >= 11 is 0. The van der Waals surface area contributed by atoms with Crippen molar-refractivity contribution in [3.63, 3.8) is 0 Å². The van der Waals surface area contributed by atoms with Crippen molar-refractivity contribution >= 4 is 19.8 Å². The van der Waals surface area contributed by atoms with Gasteiger partial charge in [-0.05, 0) is 70.6 Å². The number of hydrogen-bond donors (Lipinski definition) is 2. The molecule has 358 valence electrons. The number of nitrogens with two attached hydrogens (primary N) is 1. The number of esters is 2. The van der Waals surface area contributed by atoms with Crippen LogP contribution in [0.2, 0.25) is 0 Å². The number of carbonyl (C=O) groups excluding carboxylic acids is 2. The fraction of sp³-hybridized carbons (Fsp3) is 0.843. The largest absolute Gasteiger partial charge is 0.472 e. The molecule has 0 aromatic heterocycles. The zero-order valence-corrected chi connectivity index (χ0v) is 40.5. The molecule has 0 aromatic rings. The monoisotopic (exact) mass is 882 g/mol. The molecule has 0 fully saturated rings. The maximum atomic E-state index is 12.7. The smallest absolute Gasteiger partial charge is 0.462 e. The molecule has 0 bridgehead atoms. The second-order valence-corrected chi connectivity index (χ2v) is 18.5. The Hall–Kier alpha value is -1.77. The molecule has 0 saturated carbocycles. The van der Waals surface area contributed by atoms with Crippen LogP contribution in [0.15, 0.2) is 36.5 Å². The minimum absolute atomic E-state index is 0.0531. The molecule has 9 nitrogen and oxygen atoms in total. The fourth-order valence-electron chi connectivity index (χ4n) is 7.19. The lowest BCUT2D eigenvalue weighted by molar-refractivity contribution is -0.161. The maximum Gasteiger partial charge on any atom is 0.472 e. The van der Waals surface area contributed by atoms with Crippen LogP contribution in [0.5, 0.6) is 0 Å². The van der Waals surface area contributed by atoms with Gasteiger partial charge in [-0.1, -0.05) is 198 Å². The number of allylic oxidation sites excluding steroid dienone is 6. The zero-order valence-electron chi connectivity index (χ0n) is 39.7. The highest BCUT2D eigenvalue weighted by molar-refractivity contribution is 7.47. The van der Waals surface area contributed by atoms with E-state index in [0.29, 0.717) is 6.42 Å². The third kappa shape index (κ3) is 47.5. The van der Waals surface area contributed by atoms with Gasteiger partial charge in [-0.15, -0.1) is 0 Å². The molecule has 10 heteroatoms. The minimum atomic E-state index is -4.38. The van der Waals surface area contributed by atoms with Gasteiger partial charge in [-0.25, -0.2) is 4.57 Å². The normalized spacial score (nSPS) is 13.4. The molecule has 61 heavy (non-hydrogen) atoms. The predicted molar refractivity (Wildman–Crippen MR) is 257 cm³/mol. The van der Waals surface area contributed by atoms with Gasteiger partial charge in [0.25, 0.3) is 0 Å². The molecule has 0 heterocycles. The number of rotatable bonds is 48. The summed E-state index contributed by atoms with van der Waals surface area (Å²) in [6.45, 7) is 3.73. The molecule has 0 spiro atoms. The van der Waals surface area contributed by atoms with Gasteiger partial charge in [0, 0.05) is 19.4 Å². The first kappa shape index (κ1) is 59.2. The highest BCUT2D eigenvalue weighted by Crippen LogP contribution is 2.43. The molecule has 3 N–H and O–H groups in total. The molecule has 1 unspecified atom stereocenters. The Morgan fingerprint density at radius 3 is 1.30 bits per heavy atom. The number of unbranched alkanes of at least 4 members (excludes halogenated alkanes) is 29. The standard InChI is InChI=1S/C51H96NO8P/c1-3-5-7-9-11-13-15-17-19-21-23-24-26-28-30-32-34-36-38-40-42-44-51(54)60-49(48-59-61(55,56)58-46-45-52)47-57-50(53)43-41-39-37-35-33-31-29-27-25-22-20-18-16-14-12-10-8-6-4-2/h12,14,17-20,49H,3-11,13,15-16,21-48,52H2,1-2H3,(H,55,56)/b14-12-,19-17-,20-18-/t49-/m1/s1. The Bertz CT molecular complexity index is 1100. The molecule has 0 aliphatic heterocycles. The van der Waals surface area contributed by atoms with Crippen LogP contribution in [0.3, 0.4) is 0 Å². The van der Waals surface area contributed by atoms with Crippen molar-refractivity contribution in [2.75, 3.05) is 26.4 Å². The summed E-state index contributed by atoms with van der Waals surface area (Å²) in [5, 5.41) is 0. The first-order chi connectivity index (χ1) is 29.8. The Kier molecular flexibility index (Phi) is 46.3. The first-order valence-corrected chi connectivity index (χ1v) is 27.0. The SMILES string of the molecule is CCCCC/C=C\C/C=C\CCCCCCCCCCCC(=O)OC[C@H](COP(=O)(O)OCCN)OC(=O)CCCCCCCCCCCCC/C=C\CCCCCCCC. The van der Waals surface area contributed by atoms with Gasteiger partial charge in [-0.2, -0.15) is 0 Å². The number of phosphoric acid groups is 1. The van der Waals surface area contributed by atoms with Crippen molar-refractivity contribution in [2.45, 2.75) is 251 Å². The average molecular weight is 882 g/mol. The number of phosphoric ester groups is 1. The van der Waals surface area contributed by atoms with Gasteiger partial charge in [0.05, 0.1) is 13.2 Å². The van der Waals surface area contributed by atoms with Crippen molar-refractivity contribution in [1.82, 2.24) is 0 Å². The van der Waals surface area contributed by atoms with E-state index >= 15 is 0 Å². The predicted octanol–water partition coefficient (Wildman–Crippen LogP) is 15.3. The van der Waals surface area contributed by atoms with E-state index < -0.39 is 26.5 Å². The van der Waals surface area contributed by atoms with Crippen LogP contribution in [0, 0.1) is 0 Å². The van der Waals surface area contributed by atoms with Crippen LogP contribution in [0.4, 0.5) is 0 Å². The van der Waals surface area contributed by atoms with E-state index in [9.17, 15) is 19.0 Å². The molecule has 0 aromatic carbocycles. The van der Waals surface area contributed by atoms with Gasteiger partial charge in [0.15, 0.2) is 6.10 Å². The summed E-state index contributed by atoms with van der Waals surface area (Å²) in [5.41, 5.74) is 5.37. The summed E-state index contributed by atoms with van der Waals surface area (Å²) in [7, 11) is -4.38. The highest BCUT2D eigenvalue weighted by Gasteiger charge is 2.26. The highest BCUT2D eigenvalue weighted by atomic mass is 31.2. The van der Waals surface area contributed by atoms with Crippen molar-refractivity contribution < 1.29 is 37.6 Å². The van der Waals surface area contributed by atoms with Gasteiger partial charge in [-0.3, -0.25) is 18.6 Å². The molecular weight excluding hydrogens is 786 g/mol. The summed E-state index contributed by atoms with van der Waals surface area (Å²) in [6, 6.07) is 0. The Morgan fingerprint density at radius 1 is 0.492 bits per heavy atom. The van der Waals surface area contributed by atoms with E-state index in [1.54, 1.807) is 0 Å². The van der Waals surface area contributed by atoms with Crippen molar-refractivity contribution in [3.8, 4) is 0 Å². The van der Waals surface area contributed by atoms with Gasteiger partial charge < -0.3 is 20.1 Å². The van der Waals surface area contributed by atoms with Crippen LogP contribution in [0.25, 0.3) is 0 Å². The van der Waals surface area contributed by atoms with E-state index in [-0.39, 0.29) is 38.6 Å². The van der Waals surface area contributed by atoms with Crippen LogP contribution < -0.4 is 5.73 Å². The van der Waals surface area contributed by atoms with Gasteiger partial charge in [0.1, 0.15) is 6.61 Å². The third-order valence-electron chi connectivity index (χ3n) is 11.0. The Labute approximate surface area is 375 Å². The van der Waals surface area contributed by atoms with Crippen LogP contribution in [-0.4, -0.2) is 49.3 Å². The topological polar surface area (TPSA) is 134 Å². The number of ether oxygens (including phenoxy) is 2. The first-order valence-electron chi connectivity index (χ1n) is 25.5. The lowest BCUT2D eigenvalue weighted by atomic mass is 10.0. The van der Waals surface area contributed by atoms with Crippen molar-refractivity contribution in [1.29, 1.82) is 0 Å². The van der Waals surface area contributed by atoms with Crippen molar-refractivity contribution in [2.24, 2.45) is 5.73 Å². The van der Waals surface area contributed by atoms with E-state index in [1.807, 2.05) is 0 Å². The van der Waals surface area contributed by atoms with Crippen LogP contribution in [-0.2, 0) is 32.7 Å². The molecule has 0 aliphatic rings. The van der Waals surface area contributed by atoms with Crippen LogP contribution in [0.1, 0.15) is 245 Å². The second kappa shape index (κ2) is 47.7. The Balaban J connectivity index is 4.04. The van der Waals surface area contributed by atoms with E-state index in [4.69, 9.17) is 24.3 Å². The average Bonchev–Trinajstić information content (AvgIpc) is 3.25. The molecule has 0 radical (unpaired) electrons. The van der Waals surface area contributed by atoms with Crippen molar-refractivity contribution in [3.05, 3.63) is 36.5 Å². The summed E-state index contributed by atoms with van der Waals surface area (Å²) in [6.07, 6.45) is 54.6. The molecule has 0 amide bonds. The fourth-order valence-corrected chi connectivity index (χ4v) is 7.96. The number of carbonyl (C=O) groups is 2. The zero-order chi connectivity index (χ0) is 44.6. The Morgan fingerprint density at radius 2 is 0.852 bits per heavy atom. The van der Waals surface area contributed by atoms with Gasteiger partial charge in [0.2, 0.25) is 0 Å².